The SMILES string of the molecule is CC(=O)N1CC(C)Oc2ccc(S(=O)(=O)Nc3ccc(CC(=O)O)cc3)cc21. The first-order chi connectivity index (χ1) is 13.2. The Balaban J connectivity index is 1.87. The topological polar surface area (TPSA) is 113 Å². The molecular weight excluding hydrogens is 384 g/mol. The van der Waals surface area contributed by atoms with Gasteiger partial charge in [-0.15, -0.1) is 0 Å². The molecule has 0 fully saturated rings. The Bertz CT molecular complexity index is 1020. The van der Waals surface area contributed by atoms with E-state index in [1.165, 1.54) is 42.2 Å². The summed E-state index contributed by atoms with van der Waals surface area (Å²) in [6.07, 6.45) is -0.335. The molecule has 1 unspecified atom stereocenters. The van der Waals surface area contributed by atoms with Crippen LogP contribution in [-0.2, 0) is 26.0 Å². The number of nitrogens with zero attached hydrogens (tertiary/aromatic N) is 1. The van der Waals surface area contributed by atoms with Crippen molar-refractivity contribution in [2.75, 3.05) is 16.2 Å². The third kappa shape index (κ3) is 4.25. The van der Waals surface area contributed by atoms with E-state index in [2.05, 4.69) is 4.72 Å². The summed E-state index contributed by atoms with van der Waals surface area (Å²) in [7, 11) is -3.91. The van der Waals surface area contributed by atoms with Crippen LogP contribution in [0.25, 0.3) is 0 Å². The van der Waals surface area contributed by atoms with Crippen molar-refractivity contribution in [3.8, 4) is 5.75 Å². The summed E-state index contributed by atoms with van der Waals surface area (Å²) in [5.74, 6) is -0.715. The van der Waals surface area contributed by atoms with Gasteiger partial charge in [0.1, 0.15) is 11.9 Å². The number of amides is 1. The molecule has 0 spiro atoms. The Hall–Kier alpha value is -3.07. The third-order valence-electron chi connectivity index (χ3n) is 4.24. The lowest BCUT2D eigenvalue weighted by Crippen LogP contribution is -2.41. The lowest BCUT2D eigenvalue weighted by molar-refractivity contribution is -0.136. The first-order valence-corrected chi connectivity index (χ1v) is 10.1. The number of benzene rings is 2. The van der Waals surface area contributed by atoms with Crippen LogP contribution in [0.5, 0.6) is 5.75 Å². The number of carbonyl (C=O) groups excluding carboxylic acids is 1. The number of nitrogens with one attached hydrogen (secondary N) is 1. The average molecular weight is 404 g/mol. The average Bonchev–Trinajstić information content (AvgIpc) is 2.61. The van der Waals surface area contributed by atoms with Gasteiger partial charge in [-0.3, -0.25) is 14.3 Å². The quantitative estimate of drug-likeness (QED) is 0.790. The van der Waals surface area contributed by atoms with Gasteiger partial charge in [-0.2, -0.15) is 0 Å². The largest absolute Gasteiger partial charge is 0.487 e. The Morgan fingerprint density at radius 3 is 2.50 bits per heavy atom. The third-order valence-corrected chi connectivity index (χ3v) is 5.62. The van der Waals surface area contributed by atoms with Crippen LogP contribution >= 0.6 is 0 Å². The second-order valence-electron chi connectivity index (χ2n) is 6.56. The Kier molecular flexibility index (Phi) is 5.28. The predicted molar refractivity (Wildman–Crippen MR) is 103 cm³/mol. The molecule has 0 aliphatic carbocycles. The van der Waals surface area contributed by atoms with Gasteiger partial charge in [-0.1, -0.05) is 12.1 Å². The van der Waals surface area contributed by atoms with Gasteiger partial charge in [0.15, 0.2) is 0 Å². The number of hydrogen-bond donors (Lipinski definition) is 2. The first-order valence-electron chi connectivity index (χ1n) is 8.58. The van der Waals surface area contributed by atoms with Crippen molar-refractivity contribution in [3.05, 3.63) is 48.0 Å². The standard InChI is InChI=1S/C19H20N2O6S/c1-12-11-21(13(2)22)17-10-16(7-8-18(17)27-12)28(25,26)20-15-5-3-14(4-6-15)9-19(23)24/h3-8,10,12,20H,9,11H2,1-2H3,(H,23,24). The number of ether oxygens (including phenoxy) is 1. The number of sulfonamides is 1. The second kappa shape index (κ2) is 7.51. The van der Waals surface area contributed by atoms with Crippen molar-refractivity contribution >= 4 is 33.3 Å². The maximum absolute atomic E-state index is 12.7. The molecular formula is C19H20N2O6S. The molecule has 8 nitrogen and oxygen atoms in total. The van der Waals surface area contributed by atoms with Crippen LogP contribution in [0.15, 0.2) is 47.4 Å². The van der Waals surface area contributed by atoms with Crippen molar-refractivity contribution in [2.45, 2.75) is 31.3 Å². The van der Waals surface area contributed by atoms with Crippen LogP contribution in [0.3, 0.4) is 0 Å². The molecule has 2 aromatic rings. The Labute approximate surface area is 162 Å². The first kappa shape index (κ1) is 19.7. The van der Waals surface area contributed by atoms with Gasteiger partial charge < -0.3 is 14.7 Å². The van der Waals surface area contributed by atoms with Crippen LogP contribution in [0.4, 0.5) is 11.4 Å². The molecule has 0 saturated heterocycles. The Morgan fingerprint density at radius 2 is 1.89 bits per heavy atom. The summed E-state index contributed by atoms with van der Waals surface area (Å²) in [6, 6.07) is 10.4. The fraction of sp³-hybridized carbons (Fsp3) is 0.263. The monoisotopic (exact) mass is 404 g/mol. The van der Waals surface area contributed by atoms with E-state index >= 15 is 0 Å². The van der Waals surface area contributed by atoms with Crippen LogP contribution in [0.2, 0.25) is 0 Å². The summed E-state index contributed by atoms with van der Waals surface area (Å²) in [5, 5.41) is 8.80. The number of anilines is 2. The highest BCUT2D eigenvalue weighted by molar-refractivity contribution is 7.92. The maximum Gasteiger partial charge on any atom is 0.307 e. The van der Waals surface area contributed by atoms with Gasteiger partial charge in [0, 0.05) is 12.6 Å². The molecule has 148 valence electrons. The van der Waals surface area contributed by atoms with E-state index in [0.717, 1.165) is 0 Å². The summed E-state index contributed by atoms with van der Waals surface area (Å²) in [4.78, 5) is 24.1. The summed E-state index contributed by atoms with van der Waals surface area (Å²) in [6.45, 7) is 3.59. The lowest BCUT2D eigenvalue weighted by atomic mass is 10.1. The molecule has 3 rings (SSSR count). The van der Waals surface area contributed by atoms with Crippen LogP contribution in [0, 0.1) is 0 Å². The zero-order valence-corrected chi connectivity index (χ0v) is 16.2. The minimum absolute atomic E-state index is 0.00901. The van der Waals surface area contributed by atoms with E-state index in [1.54, 1.807) is 12.1 Å². The molecule has 28 heavy (non-hydrogen) atoms. The molecule has 1 atom stereocenters. The minimum atomic E-state index is -3.91. The van der Waals surface area contributed by atoms with E-state index in [1.807, 2.05) is 6.92 Å². The van der Waals surface area contributed by atoms with E-state index < -0.39 is 16.0 Å². The number of carboxylic acids is 1. The molecule has 0 aromatic heterocycles. The highest BCUT2D eigenvalue weighted by Gasteiger charge is 2.27. The predicted octanol–water partition coefficient (Wildman–Crippen LogP) is 2.25. The highest BCUT2D eigenvalue weighted by atomic mass is 32.2. The molecule has 1 heterocycles. The number of aliphatic carboxylic acids is 1. The summed E-state index contributed by atoms with van der Waals surface area (Å²) in [5.41, 5.74) is 1.28. The number of hydrogen-bond acceptors (Lipinski definition) is 5. The molecule has 1 aliphatic heterocycles. The molecule has 1 aliphatic rings. The molecule has 9 heteroatoms. The molecule has 2 aromatic carbocycles. The number of fused-ring (bicyclic) bond motifs is 1. The van der Waals surface area contributed by atoms with Gasteiger partial charge in [-0.05, 0) is 42.8 Å². The van der Waals surface area contributed by atoms with Crippen molar-refractivity contribution in [2.24, 2.45) is 0 Å². The van der Waals surface area contributed by atoms with E-state index in [4.69, 9.17) is 9.84 Å². The van der Waals surface area contributed by atoms with Crippen molar-refractivity contribution in [3.63, 3.8) is 0 Å². The van der Waals surface area contributed by atoms with Crippen LogP contribution < -0.4 is 14.4 Å². The second-order valence-corrected chi connectivity index (χ2v) is 8.24. The van der Waals surface area contributed by atoms with E-state index in [0.29, 0.717) is 29.2 Å². The van der Waals surface area contributed by atoms with E-state index in [9.17, 15) is 18.0 Å². The minimum Gasteiger partial charge on any atom is -0.487 e. The Morgan fingerprint density at radius 1 is 1.21 bits per heavy atom. The highest BCUT2D eigenvalue weighted by Crippen LogP contribution is 2.35. The molecule has 0 radical (unpaired) electrons. The van der Waals surface area contributed by atoms with Crippen LogP contribution in [0.1, 0.15) is 19.4 Å². The number of carboxylic acid groups (broad SMARTS) is 1. The normalized spacial score (nSPS) is 16.1. The summed E-state index contributed by atoms with van der Waals surface area (Å²) >= 11 is 0. The lowest BCUT2D eigenvalue weighted by Gasteiger charge is -2.33. The molecule has 1 amide bonds. The van der Waals surface area contributed by atoms with Gasteiger partial charge in [0.05, 0.1) is 23.5 Å². The zero-order valence-electron chi connectivity index (χ0n) is 15.4. The number of carbonyl (C=O) groups is 2. The molecule has 0 bridgehead atoms. The van der Waals surface area contributed by atoms with Crippen LogP contribution in [-0.4, -0.2) is 38.0 Å². The number of rotatable bonds is 5. The van der Waals surface area contributed by atoms with Gasteiger partial charge >= 0.3 is 5.97 Å². The van der Waals surface area contributed by atoms with Gasteiger partial charge in [-0.25, -0.2) is 8.42 Å². The molecule has 0 saturated carbocycles. The summed E-state index contributed by atoms with van der Waals surface area (Å²) < 4.78 is 33.6. The van der Waals surface area contributed by atoms with Gasteiger partial charge in [0.2, 0.25) is 5.91 Å². The molecule has 2 N–H and O–H groups in total. The van der Waals surface area contributed by atoms with Gasteiger partial charge in [0.25, 0.3) is 10.0 Å². The fourth-order valence-corrected chi connectivity index (χ4v) is 4.04. The van der Waals surface area contributed by atoms with Crippen molar-refractivity contribution < 1.29 is 27.9 Å². The maximum atomic E-state index is 12.7. The zero-order chi connectivity index (χ0) is 20.5. The smallest absolute Gasteiger partial charge is 0.307 e. The van der Waals surface area contributed by atoms with Crippen molar-refractivity contribution in [1.29, 1.82) is 0 Å². The fourth-order valence-electron chi connectivity index (χ4n) is 2.96. The van der Waals surface area contributed by atoms with Crippen molar-refractivity contribution in [1.82, 2.24) is 0 Å². The van der Waals surface area contributed by atoms with E-state index in [-0.39, 0.29) is 23.3 Å².